The Bertz CT molecular complexity index is 1380. The molecule has 36 heavy (non-hydrogen) atoms. The number of hydrogen-bond donors (Lipinski definition) is 1. The summed E-state index contributed by atoms with van der Waals surface area (Å²) >= 11 is 10.5. The average molecular weight is 589 g/mol. The smallest absolute Gasteiger partial charge is 0.250 e. The normalized spacial score (nSPS) is 11.1. The minimum Gasteiger partial charge on any atom is -0.494 e. The van der Waals surface area contributed by atoms with E-state index in [4.69, 9.17) is 16.3 Å². The molecule has 0 unspecified atom stereocenters. The molecule has 0 spiro atoms. The third-order valence-corrected chi connectivity index (χ3v) is 6.50. The second-order valence-corrected chi connectivity index (χ2v) is 9.62. The first-order chi connectivity index (χ1) is 17.4. The molecule has 1 aromatic heterocycles. The summed E-state index contributed by atoms with van der Waals surface area (Å²) in [5, 5.41) is 13.7. The van der Waals surface area contributed by atoms with Gasteiger partial charge in [-0.1, -0.05) is 39.3 Å². The van der Waals surface area contributed by atoms with Crippen LogP contribution in [0.5, 0.6) is 5.75 Å². The molecule has 1 heterocycles. The first kappa shape index (κ1) is 25.9. The molecule has 184 valence electrons. The summed E-state index contributed by atoms with van der Waals surface area (Å²) < 4.78 is 21.9. The molecule has 0 aliphatic rings. The van der Waals surface area contributed by atoms with Gasteiger partial charge < -0.3 is 4.74 Å². The number of rotatable bonds is 9. The minimum atomic E-state index is -0.441. The van der Waals surface area contributed by atoms with Crippen molar-refractivity contribution in [2.75, 3.05) is 12.4 Å². The zero-order chi connectivity index (χ0) is 25.5. The number of hydrogen-bond acceptors (Lipinski definition) is 6. The van der Waals surface area contributed by atoms with Gasteiger partial charge in [0.25, 0.3) is 5.91 Å². The number of carbonyl (C=O) groups is 1. The number of nitrogens with zero attached hydrogens (tertiary/aromatic N) is 4. The lowest BCUT2D eigenvalue weighted by Gasteiger charge is -2.11. The van der Waals surface area contributed by atoms with Gasteiger partial charge in [0.15, 0.2) is 11.0 Å². The maximum atomic E-state index is 13.8. The van der Waals surface area contributed by atoms with Crippen molar-refractivity contribution in [3.05, 3.63) is 87.6 Å². The Morgan fingerprint density at radius 2 is 1.92 bits per heavy atom. The van der Waals surface area contributed by atoms with Gasteiger partial charge in [-0.3, -0.25) is 9.36 Å². The van der Waals surface area contributed by atoms with Crippen LogP contribution >= 0.6 is 39.3 Å². The summed E-state index contributed by atoms with van der Waals surface area (Å²) in [5.74, 6) is 0.552. The van der Waals surface area contributed by atoms with Crippen LogP contribution in [0, 0.1) is 5.82 Å². The Hall–Kier alpha value is -3.21. The van der Waals surface area contributed by atoms with E-state index in [1.807, 2.05) is 47.9 Å². The molecule has 3 aromatic carbocycles. The Morgan fingerprint density at radius 3 is 2.64 bits per heavy atom. The number of nitrogens with one attached hydrogen (secondary N) is 1. The van der Waals surface area contributed by atoms with Crippen LogP contribution in [-0.4, -0.2) is 39.2 Å². The zero-order valence-corrected chi connectivity index (χ0v) is 22.1. The summed E-state index contributed by atoms with van der Waals surface area (Å²) in [6.07, 6.45) is 1.25. The van der Waals surface area contributed by atoms with Crippen molar-refractivity contribution in [1.82, 2.24) is 20.2 Å². The highest BCUT2D eigenvalue weighted by molar-refractivity contribution is 9.10. The lowest BCUT2D eigenvalue weighted by atomic mass is 10.2. The molecule has 1 amide bonds. The molecule has 1 N–H and O–H groups in total. The van der Waals surface area contributed by atoms with Gasteiger partial charge in [0, 0.05) is 26.3 Å². The number of amides is 1. The fourth-order valence-corrected chi connectivity index (χ4v) is 4.44. The van der Waals surface area contributed by atoms with Crippen LogP contribution in [0.1, 0.15) is 12.5 Å². The second kappa shape index (κ2) is 12.2. The molecule has 0 aliphatic carbocycles. The quantitative estimate of drug-likeness (QED) is 0.145. The van der Waals surface area contributed by atoms with Gasteiger partial charge in [0.05, 0.1) is 18.6 Å². The number of hydrazone groups is 1. The first-order valence-electron chi connectivity index (χ1n) is 10.8. The third-order valence-electron chi connectivity index (χ3n) is 4.82. The van der Waals surface area contributed by atoms with Crippen molar-refractivity contribution in [3.8, 4) is 22.8 Å². The predicted octanol–water partition coefficient (Wildman–Crippen LogP) is 6.13. The molecule has 0 saturated heterocycles. The first-order valence-corrected chi connectivity index (χ1v) is 12.9. The number of carbonyl (C=O) groups excluding carboxylic acids is 1. The average Bonchev–Trinajstić information content (AvgIpc) is 3.30. The highest BCUT2D eigenvalue weighted by Gasteiger charge is 2.17. The van der Waals surface area contributed by atoms with Crippen molar-refractivity contribution in [3.63, 3.8) is 0 Å². The van der Waals surface area contributed by atoms with Crippen molar-refractivity contribution < 1.29 is 13.9 Å². The largest absolute Gasteiger partial charge is 0.494 e. The molecule has 0 bridgehead atoms. The number of halogens is 3. The molecular formula is C25H20BrClFN5O2S. The van der Waals surface area contributed by atoms with E-state index in [2.05, 4.69) is 36.7 Å². The van der Waals surface area contributed by atoms with Crippen LogP contribution in [0.25, 0.3) is 17.1 Å². The van der Waals surface area contributed by atoms with E-state index in [1.54, 1.807) is 24.3 Å². The van der Waals surface area contributed by atoms with E-state index in [0.717, 1.165) is 17.0 Å². The monoisotopic (exact) mass is 587 g/mol. The van der Waals surface area contributed by atoms with Gasteiger partial charge in [-0.15, -0.1) is 10.2 Å². The minimum absolute atomic E-state index is 0.0219. The zero-order valence-electron chi connectivity index (χ0n) is 19.0. The maximum absolute atomic E-state index is 13.8. The Morgan fingerprint density at radius 1 is 1.17 bits per heavy atom. The van der Waals surface area contributed by atoms with Crippen LogP contribution in [0.3, 0.4) is 0 Å². The molecule has 0 atom stereocenters. The second-order valence-electron chi connectivity index (χ2n) is 7.32. The Kier molecular flexibility index (Phi) is 8.74. The van der Waals surface area contributed by atoms with Crippen molar-refractivity contribution in [1.29, 1.82) is 0 Å². The SMILES string of the molecule is CCOc1ccc(-n2c(SCC(=O)N/N=C\c3cc(Br)ccc3F)nnc2-c2ccc(Cl)cc2)cc1. The Balaban J connectivity index is 1.52. The highest BCUT2D eigenvalue weighted by Crippen LogP contribution is 2.29. The number of aromatic nitrogens is 3. The number of ether oxygens (including phenoxy) is 1. The van der Waals surface area contributed by atoms with E-state index >= 15 is 0 Å². The number of benzene rings is 3. The Labute approximate surface area is 224 Å². The lowest BCUT2D eigenvalue weighted by molar-refractivity contribution is -0.118. The lowest BCUT2D eigenvalue weighted by Crippen LogP contribution is -2.20. The molecule has 7 nitrogen and oxygen atoms in total. The summed E-state index contributed by atoms with van der Waals surface area (Å²) in [6.45, 7) is 2.49. The van der Waals surface area contributed by atoms with Crippen LogP contribution in [0.4, 0.5) is 4.39 Å². The van der Waals surface area contributed by atoms with Crippen molar-refractivity contribution in [2.45, 2.75) is 12.1 Å². The molecule has 0 radical (unpaired) electrons. The molecular weight excluding hydrogens is 569 g/mol. The molecule has 4 aromatic rings. The standard InChI is InChI=1S/C25H20BrClFN5O2S/c1-2-35-21-10-8-20(9-11-21)33-24(16-3-6-19(27)7-4-16)31-32-25(33)36-15-23(34)30-29-14-17-13-18(26)5-12-22(17)28/h3-14H,2,15H2,1H3,(H,30,34)/b29-14-. The molecule has 0 fully saturated rings. The predicted molar refractivity (Wildman–Crippen MR) is 144 cm³/mol. The van der Waals surface area contributed by atoms with Gasteiger partial charge in [-0.2, -0.15) is 5.10 Å². The molecule has 4 rings (SSSR count). The summed E-state index contributed by atoms with van der Waals surface area (Å²) in [4.78, 5) is 12.4. The fraction of sp³-hybridized carbons (Fsp3) is 0.120. The van der Waals surface area contributed by atoms with Gasteiger partial charge in [0.2, 0.25) is 0 Å². The summed E-state index contributed by atoms with van der Waals surface area (Å²) in [6, 6.07) is 19.3. The van der Waals surface area contributed by atoms with Gasteiger partial charge in [-0.25, -0.2) is 9.82 Å². The number of thioether (sulfide) groups is 1. The van der Waals surface area contributed by atoms with Gasteiger partial charge >= 0.3 is 0 Å². The fourth-order valence-electron chi connectivity index (χ4n) is 3.19. The molecule has 0 saturated carbocycles. The van der Waals surface area contributed by atoms with Crippen LogP contribution in [-0.2, 0) is 4.79 Å². The van der Waals surface area contributed by atoms with Gasteiger partial charge in [-0.05, 0) is 73.7 Å². The van der Waals surface area contributed by atoms with Crippen LogP contribution < -0.4 is 10.2 Å². The van der Waals surface area contributed by atoms with Crippen LogP contribution in [0.15, 0.2) is 81.5 Å². The third kappa shape index (κ3) is 6.51. The topological polar surface area (TPSA) is 81.4 Å². The maximum Gasteiger partial charge on any atom is 0.250 e. The van der Waals surface area contributed by atoms with Crippen LogP contribution in [0.2, 0.25) is 5.02 Å². The van der Waals surface area contributed by atoms with Crippen molar-refractivity contribution >= 4 is 51.4 Å². The van der Waals surface area contributed by atoms with E-state index in [9.17, 15) is 9.18 Å². The van der Waals surface area contributed by atoms with E-state index in [1.165, 1.54) is 24.0 Å². The molecule has 11 heteroatoms. The van der Waals surface area contributed by atoms with Crippen molar-refractivity contribution in [2.24, 2.45) is 5.10 Å². The van der Waals surface area contributed by atoms with Gasteiger partial charge in [0.1, 0.15) is 11.6 Å². The molecule has 0 aliphatic heterocycles. The van der Waals surface area contributed by atoms with E-state index in [-0.39, 0.29) is 17.2 Å². The van der Waals surface area contributed by atoms with E-state index in [0.29, 0.717) is 27.1 Å². The summed E-state index contributed by atoms with van der Waals surface area (Å²) in [5.41, 5.74) is 4.29. The summed E-state index contributed by atoms with van der Waals surface area (Å²) in [7, 11) is 0. The highest BCUT2D eigenvalue weighted by atomic mass is 79.9. The van der Waals surface area contributed by atoms with E-state index < -0.39 is 5.82 Å².